The maximum atomic E-state index is 14.2. The van der Waals surface area contributed by atoms with E-state index in [1.54, 1.807) is 24.3 Å². The Kier molecular flexibility index (Phi) is 8.85. The number of anilines is 1. The molecular formula is C28H29Cl2F2N3O3S. The van der Waals surface area contributed by atoms with Gasteiger partial charge >= 0.3 is 0 Å². The van der Waals surface area contributed by atoms with Gasteiger partial charge in [-0.05, 0) is 61.4 Å². The fourth-order valence-electron chi connectivity index (χ4n) is 5.07. The van der Waals surface area contributed by atoms with Crippen molar-refractivity contribution in [3.63, 3.8) is 0 Å². The summed E-state index contributed by atoms with van der Waals surface area (Å²) in [6.45, 7) is 3.85. The van der Waals surface area contributed by atoms with Crippen molar-refractivity contribution in [2.45, 2.75) is 44.4 Å². The molecule has 0 radical (unpaired) electrons. The highest BCUT2D eigenvalue weighted by Crippen LogP contribution is 2.41. The summed E-state index contributed by atoms with van der Waals surface area (Å²) in [4.78, 5) is 15.0. The molecule has 2 atom stereocenters. The second-order valence-corrected chi connectivity index (χ2v) is 12.7. The first kappa shape index (κ1) is 29.3. The van der Waals surface area contributed by atoms with Gasteiger partial charge in [0.25, 0.3) is 0 Å². The molecule has 2 unspecified atom stereocenters. The smallest absolute Gasteiger partial charge is 0.232 e. The summed E-state index contributed by atoms with van der Waals surface area (Å²) in [6.07, 6.45) is 0.948. The van der Waals surface area contributed by atoms with E-state index in [0.717, 1.165) is 33.8 Å². The van der Waals surface area contributed by atoms with E-state index in [-0.39, 0.29) is 36.6 Å². The first-order chi connectivity index (χ1) is 18.3. The summed E-state index contributed by atoms with van der Waals surface area (Å²) in [6, 6.07) is 15.3. The van der Waals surface area contributed by atoms with Crippen molar-refractivity contribution in [3.8, 4) is 0 Å². The van der Waals surface area contributed by atoms with Crippen molar-refractivity contribution >= 4 is 44.8 Å². The van der Waals surface area contributed by atoms with Crippen LogP contribution in [0.15, 0.2) is 66.7 Å². The third kappa shape index (κ3) is 6.90. The summed E-state index contributed by atoms with van der Waals surface area (Å²) in [5.74, 6) is -2.07. The molecule has 1 N–H and O–H groups in total. The highest BCUT2D eigenvalue weighted by Gasteiger charge is 2.49. The zero-order valence-electron chi connectivity index (χ0n) is 21.6. The Morgan fingerprint density at radius 3 is 1.90 bits per heavy atom. The molecular weight excluding hydrogens is 567 g/mol. The molecule has 208 valence electrons. The van der Waals surface area contributed by atoms with Crippen LogP contribution in [-0.2, 0) is 14.8 Å². The van der Waals surface area contributed by atoms with Gasteiger partial charge in [-0.1, -0.05) is 47.5 Å². The molecule has 0 spiro atoms. The number of carbonyl (C=O) groups excluding carboxylic acids is 1. The standard InChI is InChI=1S/C28H29Cl2F2N3O3S/c1-17(2)33-27(36)15-25-26(35(39(3,37)38)24-13-22(31)12-23(32)14-24)16-34(25)28(18-4-8-20(29)9-5-18)19-6-10-21(30)11-7-19/h4-14,17,25-26,28H,15-16H2,1-3H3,(H,33,36). The number of hydrogen-bond donors (Lipinski definition) is 1. The van der Waals surface area contributed by atoms with Gasteiger partial charge in [0.05, 0.1) is 24.0 Å². The van der Waals surface area contributed by atoms with Crippen molar-refractivity contribution < 1.29 is 22.0 Å². The van der Waals surface area contributed by atoms with E-state index in [1.165, 1.54) is 0 Å². The zero-order valence-corrected chi connectivity index (χ0v) is 23.9. The minimum absolute atomic E-state index is 0.0374. The topological polar surface area (TPSA) is 69.7 Å². The van der Waals surface area contributed by atoms with Gasteiger partial charge in [-0.2, -0.15) is 0 Å². The molecule has 0 saturated carbocycles. The maximum Gasteiger partial charge on any atom is 0.232 e. The minimum Gasteiger partial charge on any atom is -0.354 e. The van der Waals surface area contributed by atoms with Crippen LogP contribution in [0.3, 0.4) is 0 Å². The van der Waals surface area contributed by atoms with Crippen LogP contribution in [0.25, 0.3) is 0 Å². The van der Waals surface area contributed by atoms with Gasteiger partial charge in [0.15, 0.2) is 0 Å². The molecule has 1 saturated heterocycles. The molecule has 1 aliphatic rings. The molecule has 11 heteroatoms. The van der Waals surface area contributed by atoms with Crippen molar-refractivity contribution in [1.29, 1.82) is 0 Å². The Morgan fingerprint density at radius 2 is 1.46 bits per heavy atom. The van der Waals surface area contributed by atoms with Gasteiger partial charge in [0, 0.05) is 41.2 Å². The summed E-state index contributed by atoms with van der Waals surface area (Å²) in [7, 11) is -3.99. The normalized spacial score (nSPS) is 17.8. The predicted octanol–water partition coefficient (Wildman–Crippen LogP) is 5.79. The number of likely N-dealkylation sites (tertiary alicyclic amines) is 1. The van der Waals surface area contributed by atoms with Crippen LogP contribution in [0.5, 0.6) is 0 Å². The second kappa shape index (κ2) is 11.8. The average molecular weight is 597 g/mol. The maximum absolute atomic E-state index is 14.2. The molecule has 0 aromatic heterocycles. The molecule has 6 nitrogen and oxygen atoms in total. The molecule has 1 amide bonds. The van der Waals surface area contributed by atoms with Gasteiger partial charge in [0.2, 0.25) is 15.9 Å². The average Bonchev–Trinajstić information content (AvgIpc) is 2.82. The largest absolute Gasteiger partial charge is 0.354 e. The minimum atomic E-state index is -3.99. The highest BCUT2D eigenvalue weighted by molar-refractivity contribution is 7.92. The van der Waals surface area contributed by atoms with Crippen LogP contribution < -0.4 is 9.62 Å². The monoisotopic (exact) mass is 595 g/mol. The molecule has 39 heavy (non-hydrogen) atoms. The first-order valence-electron chi connectivity index (χ1n) is 12.3. The summed E-state index contributed by atoms with van der Waals surface area (Å²) < 4.78 is 55.4. The number of nitrogens with zero attached hydrogens (tertiary/aromatic N) is 2. The summed E-state index contributed by atoms with van der Waals surface area (Å²) in [5.41, 5.74) is 1.61. The number of carbonyl (C=O) groups is 1. The van der Waals surface area contributed by atoms with Crippen LogP contribution in [0.2, 0.25) is 10.0 Å². The van der Waals surface area contributed by atoms with Gasteiger partial charge < -0.3 is 5.32 Å². The van der Waals surface area contributed by atoms with Gasteiger partial charge in [0.1, 0.15) is 11.6 Å². The Morgan fingerprint density at radius 1 is 0.974 bits per heavy atom. The van der Waals surface area contributed by atoms with Crippen molar-refractivity contribution in [2.75, 3.05) is 17.1 Å². The Balaban J connectivity index is 1.80. The second-order valence-electron chi connectivity index (χ2n) is 9.95. The van der Waals surface area contributed by atoms with E-state index >= 15 is 0 Å². The number of hydrogen-bond acceptors (Lipinski definition) is 4. The molecule has 4 rings (SSSR count). The van der Waals surface area contributed by atoms with Crippen LogP contribution >= 0.6 is 23.2 Å². The van der Waals surface area contributed by atoms with Crippen LogP contribution in [0.4, 0.5) is 14.5 Å². The summed E-state index contributed by atoms with van der Waals surface area (Å²) in [5, 5.41) is 3.97. The van der Waals surface area contributed by atoms with E-state index in [1.807, 2.05) is 43.0 Å². The lowest BCUT2D eigenvalue weighted by Crippen LogP contribution is -2.69. The third-order valence-electron chi connectivity index (χ3n) is 6.58. The van der Waals surface area contributed by atoms with Crippen molar-refractivity contribution in [2.24, 2.45) is 0 Å². The molecule has 3 aromatic rings. The van der Waals surface area contributed by atoms with Gasteiger partial charge in [-0.25, -0.2) is 17.2 Å². The fourth-order valence-corrected chi connectivity index (χ4v) is 6.51. The van der Waals surface area contributed by atoms with E-state index in [0.29, 0.717) is 16.1 Å². The molecule has 1 fully saturated rings. The molecule has 1 aliphatic heterocycles. The Bertz CT molecular complexity index is 1370. The Labute approximate surface area is 237 Å². The first-order valence-corrected chi connectivity index (χ1v) is 15.0. The lowest BCUT2D eigenvalue weighted by molar-refractivity contribution is -0.124. The predicted molar refractivity (Wildman–Crippen MR) is 151 cm³/mol. The van der Waals surface area contributed by atoms with Crippen LogP contribution in [-0.4, -0.2) is 50.2 Å². The molecule has 3 aromatic carbocycles. The SMILES string of the molecule is CC(C)NC(=O)CC1C(N(c2cc(F)cc(F)c2)S(C)(=O)=O)CN1C(c1ccc(Cl)cc1)c1ccc(Cl)cc1. The van der Waals surface area contributed by atoms with Gasteiger partial charge in [-0.15, -0.1) is 0 Å². The lowest BCUT2D eigenvalue weighted by atomic mass is 9.85. The number of benzene rings is 3. The quantitative estimate of drug-likeness (QED) is 0.340. The van der Waals surface area contributed by atoms with E-state index in [2.05, 4.69) is 5.32 Å². The number of nitrogens with one attached hydrogen (secondary N) is 1. The highest BCUT2D eigenvalue weighted by atomic mass is 35.5. The van der Waals surface area contributed by atoms with Gasteiger partial charge in [-0.3, -0.25) is 14.0 Å². The number of sulfonamides is 1. The Hall–Kier alpha value is -2.72. The van der Waals surface area contributed by atoms with Crippen molar-refractivity contribution in [1.82, 2.24) is 10.2 Å². The molecule has 0 bridgehead atoms. The zero-order chi connectivity index (χ0) is 28.5. The molecule has 0 aliphatic carbocycles. The third-order valence-corrected chi connectivity index (χ3v) is 8.28. The van der Waals surface area contributed by atoms with E-state index in [4.69, 9.17) is 23.2 Å². The van der Waals surface area contributed by atoms with Crippen LogP contribution in [0, 0.1) is 11.6 Å². The van der Waals surface area contributed by atoms with Crippen molar-refractivity contribution in [3.05, 3.63) is 99.5 Å². The van der Waals surface area contributed by atoms with Crippen LogP contribution in [0.1, 0.15) is 37.4 Å². The van der Waals surface area contributed by atoms with E-state index < -0.39 is 33.7 Å². The number of amides is 1. The lowest BCUT2D eigenvalue weighted by Gasteiger charge is -2.55. The number of rotatable bonds is 9. The van der Waals surface area contributed by atoms with E-state index in [9.17, 15) is 22.0 Å². The fraction of sp³-hybridized carbons (Fsp3) is 0.321. The number of halogens is 4. The summed E-state index contributed by atoms with van der Waals surface area (Å²) >= 11 is 12.3. The molecule has 1 heterocycles.